The Kier molecular flexibility index (Phi) is 5.20. The Morgan fingerprint density at radius 2 is 1.94 bits per heavy atom. The van der Waals surface area contributed by atoms with Crippen molar-refractivity contribution in [1.29, 1.82) is 0 Å². The molecule has 0 saturated carbocycles. The summed E-state index contributed by atoms with van der Waals surface area (Å²) in [6.45, 7) is 4.20. The lowest BCUT2D eigenvalue weighted by atomic mass is 9.92. The van der Waals surface area contributed by atoms with Gasteiger partial charge in [0.05, 0.1) is 0 Å². The van der Waals surface area contributed by atoms with Gasteiger partial charge in [-0.2, -0.15) is 0 Å². The quantitative estimate of drug-likeness (QED) is 0.675. The minimum atomic E-state index is -0.782. The average molecular weight is 247 g/mol. The number of halogens is 3. The molecule has 0 saturated heterocycles. The van der Waals surface area contributed by atoms with Gasteiger partial charge >= 0.3 is 0 Å². The van der Waals surface area contributed by atoms with Gasteiger partial charge in [0.25, 0.3) is 0 Å². The predicted molar refractivity (Wildman–Crippen MR) is 63.7 cm³/mol. The summed E-state index contributed by atoms with van der Waals surface area (Å²) < 4.78 is 26.4. The van der Waals surface area contributed by atoms with Crippen LogP contribution in [0, 0.1) is 23.5 Å². The van der Waals surface area contributed by atoms with Gasteiger partial charge in [-0.25, -0.2) is 8.78 Å². The van der Waals surface area contributed by atoms with Crippen LogP contribution in [0.5, 0.6) is 0 Å². The zero-order valence-electron chi connectivity index (χ0n) is 9.64. The fourth-order valence-corrected chi connectivity index (χ4v) is 2.12. The Balaban J connectivity index is 2.74. The number of hydrogen-bond donors (Lipinski definition) is 0. The molecule has 0 aromatic heterocycles. The number of alkyl halides is 1. The first kappa shape index (κ1) is 13.4. The Morgan fingerprint density at radius 1 is 1.25 bits per heavy atom. The number of hydrogen-bond acceptors (Lipinski definition) is 0. The van der Waals surface area contributed by atoms with Gasteiger partial charge in [-0.05, 0) is 36.3 Å². The molecule has 0 N–H and O–H groups in total. The standard InChI is InChI=1S/C13H17ClF2/c1-9(2)6-10(8-14)7-11-4-3-5-12(15)13(11)16/h3-5,9-10H,6-8H2,1-2H3. The Morgan fingerprint density at radius 3 is 2.50 bits per heavy atom. The van der Waals surface area contributed by atoms with Crippen LogP contribution in [0.25, 0.3) is 0 Å². The highest BCUT2D eigenvalue weighted by molar-refractivity contribution is 6.18. The van der Waals surface area contributed by atoms with Gasteiger partial charge in [0, 0.05) is 5.88 Å². The average Bonchev–Trinajstić information content (AvgIpc) is 2.23. The first-order valence-electron chi connectivity index (χ1n) is 5.53. The van der Waals surface area contributed by atoms with Gasteiger partial charge in [-0.15, -0.1) is 11.6 Å². The fraction of sp³-hybridized carbons (Fsp3) is 0.538. The summed E-state index contributed by atoms with van der Waals surface area (Å²) in [6, 6.07) is 4.30. The van der Waals surface area contributed by atoms with E-state index in [2.05, 4.69) is 13.8 Å². The van der Waals surface area contributed by atoms with Crippen molar-refractivity contribution in [2.24, 2.45) is 11.8 Å². The van der Waals surface area contributed by atoms with Crippen molar-refractivity contribution in [3.63, 3.8) is 0 Å². The summed E-state index contributed by atoms with van der Waals surface area (Å²) in [5.74, 6) is -0.316. The largest absolute Gasteiger partial charge is 0.204 e. The van der Waals surface area contributed by atoms with Crippen LogP contribution >= 0.6 is 11.6 Å². The van der Waals surface area contributed by atoms with Gasteiger partial charge in [0.15, 0.2) is 11.6 Å². The molecule has 16 heavy (non-hydrogen) atoms. The summed E-state index contributed by atoms with van der Waals surface area (Å²) in [6.07, 6.45) is 1.44. The van der Waals surface area contributed by atoms with Crippen LogP contribution < -0.4 is 0 Å². The van der Waals surface area contributed by atoms with E-state index in [-0.39, 0.29) is 5.92 Å². The highest BCUT2D eigenvalue weighted by Crippen LogP contribution is 2.21. The number of benzene rings is 1. The molecule has 0 radical (unpaired) electrons. The Hall–Kier alpha value is -0.630. The third kappa shape index (κ3) is 3.75. The molecule has 0 spiro atoms. The smallest absolute Gasteiger partial charge is 0.162 e. The van der Waals surface area contributed by atoms with E-state index < -0.39 is 11.6 Å². The summed E-state index contributed by atoms with van der Waals surface area (Å²) in [5, 5.41) is 0. The highest BCUT2D eigenvalue weighted by Gasteiger charge is 2.15. The van der Waals surface area contributed by atoms with Crippen molar-refractivity contribution in [1.82, 2.24) is 0 Å². The summed E-state index contributed by atoms with van der Waals surface area (Å²) >= 11 is 5.84. The van der Waals surface area contributed by atoms with Crippen LogP contribution in [0.4, 0.5) is 8.78 Å². The summed E-state index contributed by atoms with van der Waals surface area (Å²) in [5.41, 5.74) is 0.423. The molecule has 0 fully saturated rings. The molecule has 0 heterocycles. The SMILES string of the molecule is CC(C)CC(CCl)Cc1cccc(F)c1F. The predicted octanol–water partition coefficient (Wildman–Crippen LogP) is 4.41. The molecule has 0 nitrogen and oxygen atoms in total. The van der Waals surface area contributed by atoms with E-state index in [0.29, 0.717) is 23.8 Å². The maximum absolute atomic E-state index is 13.4. The van der Waals surface area contributed by atoms with Crippen molar-refractivity contribution in [2.45, 2.75) is 26.7 Å². The molecule has 1 aromatic carbocycles. The van der Waals surface area contributed by atoms with Gasteiger partial charge in [0.2, 0.25) is 0 Å². The molecule has 90 valence electrons. The molecule has 0 amide bonds. The molecule has 1 aromatic rings. The van der Waals surface area contributed by atoms with Crippen LogP contribution in [0.15, 0.2) is 18.2 Å². The first-order chi connectivity index (χ1) is 7.54. The fourth-order valence-electron chi connectivity index (χ4n) is 1.88. The van der Waals surface area contributed by atoms with Crippen molar-refractivity contribution >= 4 is 11.6 Å². The van der Waals surface area contributed by atoms with Crippen molar-refractivity contribution in [3.05, 3.63) is 35.4 Å². The number of rotatable bonds is 5. The van der Waals surface area contributed by atoms with Crippen LogP contribution in [-0.2, 0) is 6.42 Å². The minimum absolute atomic E-state index is 0.206. The molecule has 3 heteroatoms. The zero-order valence-corrected chi connectivity index (χ0v) is 10.4. The topological polar surface area (TPSA) is 0 Å². The summed E-state index contributed by atoms with van der Waals surface area (Å²) in [7, 11) is 0. The lowest BCUT2D eigenvalue weighted by Gasteiger charge is -2.16. The van der Waals surface area contributed by atoms with Crippen LogP contribution in [0.3, 0.4) is 0 Å². The molecule has 1 unspecified atom stereocenters. The van der Waals surface area contributed by atoms with Crippen LogP contribution in [0.1, 0.15) is 25.8 Å². The third-order valence-electron chi connectivity index (χ3n) is 2.56. The summed E-state index contributed by atoms with van der Waals surface area (Å²) in [4.78, 5) is 0. The van der Waals surface area contributed by atoms with E-state index in [4.69, 9.17) is 11.6 Å². The maximum Gasteiger partial charge on any atom is 0.162 e. The van der Waals surface area contributed by atoms with E-state index in [1.54, 1.807) is 6.07 Å². The molecule has 0 aliphatic heterocycles. The van der Waals surface area contributed by atoms with E-state index in [0.717, 1.165) is 12.5 Å². The second kappa shape index (κ2) is 6.19. The molecular formula is C13H17ClF2. The zero-order chi connectivity index (χ0) is 12.1. The highest BCUT2D eigenvalue weighted by atomic mass is 35.5. The third-order valence-corrected chi connectivity index (χ3v) is 3.00. The first-order valence-corrected chi connectivity index (χ1v) is 6.07. The Labute approximate surface area is 101 Å². The molecular weight excluding hydrogens is 230 g/mol. The molecule has 0 aliphatic rings. The van der Waals surface area contributed by atoms with Gasteiger partial charge < -0.3 is 0 Å². The van der Waals surface area contributed by atoms with Crippen molar-refractivity contribution in [3.8, 4) is 0 Å². The normalized spacial score (nSPS) is 13.1. The monoisotopic (exact) mass is 246 g/mol. The van der Waals surface area contributed by atoms with E-state index in [9.17, 15) is 8.78 Å². The van der Waals surface area contributed by atoms with E-state index in [1.807, 2.05) is 0 Å². The van der Waals surface area contributed by atoms with Gasteiger partial charge in [-0.1, -0.05) is 26.0 Å². The van der Waals surface area contributed by atoms with Gasteiger partial charge in [0.1, 0.15) is 0 Å². The second-order valence-corrected chi connectivity index (χ2v) is 4.88. The maximum atomic E-state index is 13.4. The Bertz CT molecular complexity index is 337. The van der Waals surface area contributed by atoms with Crippen LogP contribution in [0.2, 0.25) is 0 Å². The second-order valence-electron chi connectivity index (χ2n) is 4.57. The lowest BCUT2D eigenvalue weighted by Crippen LogP contribution is -2.11. The van der Waals surface area contributed by atoms with E-state index in [1.165, 1.54) is 6.07 Å². The molecule has 0 bridgehead atoms. The lowest BCUT2D eigenvalue weighted by molar-refractivity contribution is 0.427. The molecule has 1 atom stereocenters. The van der Waals surface area contributed by atoms with Gasteiger partial charge in [-0.3, -0.25) is 0 Å². The van der Waals surface area contributed by atoms with Crippen molar-refractivity contribution < 1.29 is 8.78 Å². The van der Waals surface area contributed by atoms with Crippen LogP contribution in [-0.4, -0.2) is 5.88 Å². The molecule has 0 aliphatic carbocycles. The van der Waals surface area contributed by atoms with Crippen molar-refractivity contribution in [2.75, 3.05) is 5.88 Å². The van der Waals surface area contributed by atoms with E-state index >= 15 is 0 Å². The minimum Gasteiger partial charge on any atom is -0.204 e. The molecule has 1 rings (SSSR count).